The van der Waals surface area contributed by atoms with E-state index < -0.39 is 17.4 Å². The molecule has 1 aromatic heterocycles. The highest BCUT2D eigenvalue weighted by atomic mass is 32.1. The number of anilines is 1. The smallest absolute Gasteiger partial charge is 0.320 e. The van der Waals surface area contributed by atoms with Crippen LogP contribution in [0.4, 0.5) is 14.9 Å². The van der Waals surface area contributed by atoms with Gasteiger partial charge in [0.1, 0.15) is 23.2 Å². The Hall–Kier alpha value is -2.59. The predicted octanol–water partition coefficient (Wildman–Crippen LogP) is 3.35. The minimum Gasteiger partial charge on any atom is -0.479 e. The number of nitrogens with zero attached hydrogens (tertiary/aromatic N) is 1. The molecule has 0 aliphatic heterocycles. The molecule has 0 bridgehead atoms. The molecule has 5 nitrogen and oxygen atoms in total. The van der Waals surface area contributed by atoms with Gasteiger partial charge in [-0.1, -0.05) is 5.92 Å². The first-order valence-corrected chi connectivity index (χ1v) is 7.65. The molecule has 0 fully saturated rings. The Labute approximate surface area is 137 Å². The van der Waals surface area contributed by atoms with Gasteiger partial charge in [0.25, 0.3) is 0 Å². The fraction of sp³-hybridized carbons (Fsp3) is 0.250. The number of terminal acetylenes is 1. The average Bonchev–Trinajstić information content (AvgIpc) is 3.01. The van der Waals surface area contributed by atoms with Gasteiger partial charge in [-0.3, -0.25) is 0 Å². The molecule has 0 aliphatic rings. The minimum atomic E-state index is -0.661. The molecule has 2 amide bonds. The molecule has 1 heterocycles. The molecule has 0 saturated carbocycles. The zero-order chi connectivity index (χ0) is 16.9. The second-order valence-corrected chi connectivity index (χ2v) is 6.07. The summed E-state index contributed by atoms with van der Waals surface area (Å²) < 4.78 is 18.7. The number of nitrogens with one attached hydrogen (secondary N) is 2. The summed E-state index contributed by atoms with van der Waals surface area (Å²) in [6, 6.07) is 3.31. The van der Waals surface area contributed by atoms with Gasteiger partial charge in [0.2, 0.25) is 0 Å². The van der Waals surface area contributed by atoms with Crippen molar-refractivity contribution in [2.24, 2.45) is 0 Å². The maximum atomic E-state index is 13.4. The molecule has 0 aliphatic carbocycles. The van der Waals surface area contributed by atoms with Crippen LogP contribution in [0.25, 0.3) is 0 Å². The van der Waals surface area contributed by atoms with Gasteiger partial charge in [-0.25, -0.2) is 14.2 Å². The summed E-state index contributed by atoms with van der Waals surface area (Å²) in [7, 11) is 0. The molecule has 23 heavy (non-hydrogen) atoms. The molecular formula is C16H16FN3O2S. The van der Waals surface area contributed by atoms with E-state index in [2.05, 4.69) is 21.5 Å². The van der Waals surface area contributed by atoms with Gasteiger partial charge in [-0.05, 0) is 26.0 Å². The summed E-state index contributed by atoms with van der Waals surface area (Å²) >= 11 is 1.43. The Morgan fingerprint density at radius 3 is 2.96 bits per heavy atom. The largest absolute Gasteiger partial charge is 0.479 e. The van der Waals surface area contributed by atoms with Crippen LogP contribution in [-0.4, -0.2) is 17.6 Å². The first-order chi connectivity index (χ1) is 10.9. The Morgan fingerprint density at radius 1 is 1.52 bits per heavy atom. The normalized spacial score (nSPS) is 10.7. The lowest BCUT2D eigenvalue weighted by Crippen LogP contribution is -2.43. The molecule has 2 rings (SSSR count). The number of amides is 2. The first-order valence-electron chi connectivity index (χ1n) is 6.77. The standard InChI is InChI=1S/C16H16FN3O2S/c1-4-8-22-13-6-5-11(17)10-12(13)19-15(21)20-16(2,3)14-18-7-9-23-14/h1,5-7,9-10H,8H2,2-3H3,(H2,19,20,21). The second-order valence-electron chi connectivity index (χ2n) is 5.17. The SMILES string of the molecule is C#CCOc1ccc(F)cc1NC(=O)NC(C)(C)c1nccs1. The van der Waals surface area contributed by atoms with Crippen LogP contribution >= 0.6 is 11.3 Å². The number of carbonyl (C=O) groups excluding carboxylic acids is 1. The zero-order valence-electron chi connectivity index (χ0n) is 12.7. The molecule has 120 valence electrons. The van der Waals surface area contributed by atoms with E-state index in [0.29, 0.717) is 5.75 Å². The Morgan fingerprint density at radius 2 is 2.30 bits per heavy atom. The number of hydrogen-bond donors (Lipinski definition) is 2. The molecule has 2 N–H and O–H groups in total. The molecule has 1 aromatic carbocycles. The third-order valence-electron chi connectivity index (χ3n) is 2.89. The van der Waals surface area contributed by atoms with E-state index in [4.69, 9.17) is 11.2 Å². The van der Waals surface area contributed by atoms with Crippen LogP contribution in [-0.2, 0) is 5.54 Å². The summed E-state index contributed by atoms with van der Waals surface area (Å²) in [6.07, 6.45) is 6.81. The number of aromatic nitrogens is 1. The molecule has 0 unspecified atom stereocenters. The van der Waals surface area contributed by atoms with E-state index in [0.717, 1.165) is 5.01 Å². The molecule has 7 heteroatoms. The van der Waals surface area contributed by atoms with Crippen molar-refractivity contribution in [2.75, 3.05) is 11.9 Å². The number of ether oxygens (including phenoxy) is 1. The fourth-order valence-electron chi connectivity index (χ4n) is 1.87. The molecule has 0 spiro atoms. The maximum Gasteiger partial charge on any atom is 0.320 e. The van der Waals surface area contributed by atoms with Crippen molar-refractivity contribution >= 4 is 23.1 Å². The lowest BCUT2D eigenvalue weighted by molar-refractivity contribution is 0.241. The first kappa shape index (κ1) is 16.8. The van der Waals surface area contributed by atoms with Crippen LogP contribution in [0.1, 0.15) is 18.9 Å². The van der Waals surface area contributed by atoms with Gasteiger partial charge >= 0.3 is 6.03 Å². The molecule has 0 saturated heterocycles. The van der Waals surface area contributed by atoms with Gasteiger partial charge in [-0.15, -0.1) is 17.8 Å². The van der Waals surface area contributed by atoms with E-state index in [9.17, 15) is 9.18 Å². The van der Waals surface area contributed by atoms with Crippen LogP contribution in [0.3, 0.4) is 0 Å². The lowest BCUT2D eigenvalue weighted by Gasteiger charge is -2.24. The molecule has 2 aromatic rings. The number of halogens is 1. The van der Waals surface area contributed by atoms with Crippen molar-refractivity contribution in [2.45, 2.75) is 19.4 Å². The summed E-state index contributed by atoms with van der Waals surface area (Å²) in [6.45, 7) is 3.67. The Balaban J connectivity index is 2.11. The van der Waals surface area contributed by atoms with Crippen molar-refractivity contribution in [1.82, 2.24) is 10.3 Å². The number of rotatable bonds is 5. The number of hydrogen-bond acceptors (Lipinski definition) is 4. The van der Waals surface area contributed by atoms with Crippen LogP contribution in [0, 0.1) is 18.2 Å². The maximum absolute atomic E-state index is 13.4. The molecule has 0 radical (unpaired) electrons. The average molecular weight is 333 g/mol. The van der Waals surface area contributed by atoms with Crippen LogP contribution in [0.15, 0.2) is 29.8 Å². The fourth-order valence-corrected chi connectivity index (χ4v) is 2.59. The van der Waals surface area contributed by atoms with Crippen molar-refractivity contribution in [3.8, 4) is 18.1 Å². The number of urea groups is 1. The van der Waals surface area contributed by atoms with Gasteiger partial charge in [-0.2, -0.15) is 0 Å². The van der Waals surface area contributed by atoms with Crippen molar-refractivity contribution in [3.63, 3.8) is 0 Å². The van der Waals surface area contributed by atoms with E-state index >= 15 is 0 Å². The number of carbonyl (C=O) groups is 1. The Kier molecular flexibility index (Phi) is 5.19. The van der Waals surface area contributed by atoms with Crippen LogP contribution in [0.2, 0.25) is 0 Å². The predicted molar refractivity (Wildman–Crippen MR) is 88.0 cm³/mol. The number of benzene rings is 1. The molecular weight excluding hydrogens is 317 g/mol. The van der Waals surface area contributed by atoms with Gasteiger partial charge in [0, 0.05) is 17.6 Å². The van der Waals surface area contributed by atoms with Crippen LogP contribution in [0.5, 0.6) is 5.75 Å². The van der Waals surface area contributed by atoms with Crippen LogP contribution < -0.4 is 15.4 Å². The second kappa shape index (κ2) is 7.11. The number of thiazole rings is 1. The summed E-state index contributed by atoms with van der Waals surface area (Å²) in [5.41, 5.74) is -0.460. The van der Waals surface area contributed by atoms with Crippen molar-refractivity contribution in [3.05, 3.63) is 40.6 Å². The minimum absolute atomic E-state index is 0.0204. The quantitative estimate of drug-likeness (QED) is 0.825. The summed E-state index contributed by atoms with van der Waals surface area (Å²) in [5.74, 6) is 2.12. The van der Waals surface area contributed by atoms with Gasteiger partial charge < -0.3 is 15.4 Å². The third-order valence-corrected chi connectivity index (χ3v) is 3.99. The topological polar surface area (TPSA) is 63.2 Å². The molecule has 0 atom stereocenters. The highest BCUT2D eigenvalue weighted by Crippen LogP contribution is 2.26. The lowest BCUT2D eigenvalue weighted by atomic mass is 10.1. The third kappa shape index (κ3) is 4.44. The van der Waals surface area contributed by atoms with E-state index in [1.165, 1.54) is 29.5 Å². The van der Waals surface area contributed by atoms with Crippen molar-refractivity contribution in [1.29, 1.82) is 0 Å². The highest BCUT2D eigenvalue weighted by molar-refractivity contribution is 7.09. The highest BCUT2D eigenvalue weighted by Gasteiger charge is 2.25. The van der Waals surface area contributed by atoms with E-state index in [1.807, 2.05) is 19.2 Å². The van der Waals surface area contributed by atoms with Gasteiger partial charge in [0.05, 0.1) is 11.2 Å². The Bertz CT molecular complexity index is 723. The monoisotopic (exact) mass is 333 g/mol. The van der Waals surface area contributed by atoms with Crippen molar-refractivity contribution < 1.29 is 13.9 Å². The van der Waals surface area contributed by atoms with E-state index in [1.54, 1.807) is 6.20 Å². The van der Waals surface area contributed by atoms with Gasteiger partial charge in [0.15, 0.2) is 0 Å². The van der Waals surface area contributed by atoms with E-state index in [-0.39, 0.29) is 12.3 Å². The zero-order valence-corrected chi connectivity index (χ0v) is 13.5. The summed E-state index contributed by atoms with van der Waals surface area (Å²) in [4.78, 5) is 16.4. The summed E-state index contributed by atoms with van der Waals surface area (Å²) in [5, 5.41) is 7.95.